The number of carbonyl (C=O) groups excluding carboxylic acids is 1. The molecule has 4 unspecified atom stereocenters. The molecule has 4 heteroatoms. The molecule has 0 aliphatic heterocycles. The van der Waals surface area contributed by atoms with E-state index in [2.05, 4.69) is 5.32 Å². The quantitative estimate of drug-likeness (QED) is 0.735. The number of hydrogen-bond acceptors (Lipinski definition) is 3. The average Bonchev–Trinajstić information content (AvgIpc) is 2.24. The third kappa shape index (κ3) is 2.95. The lowest BCUT2D eigenvalue weighted by molar-refractivity contribution is -0.130. The van der Waals surface area contributed by atoms with Gasteiger partial charge in [0.25, 0.3) is 0 Å². The van der Waals surface area contributed by atoms with E-state index in [1.54, 1.807) is 0 Å². The molecule has 1 saturated carbocycles. The molecule has 94 valence electrons. The fraction of sp³-hybridized carbons (Fsp3) is 0.917. The van der Waals surface area contributed by atoms with Crippen LogP contribution in [0, 0.1) is 11.8 Å². The Morgan fingerprint density at radius 3 is 2.56 bits per heavy atom. The van der Waals surface area contributed by atoms with Crippen molar-refractivity contribution >= 4 is 5.91 Å². The molecule has 3 N–H and O–H groups in total. The van der Waals surface area contributed by atoms with Gasteiger partial charge in [0.1, 0.15) is 0 Å². The summed E-state index contributed by atoms with van der Waals surface area (Å²) in [5.74, 6) is 0.455. The van der Waals surface area contributed by atoms with Gasteiger partial charge in [-0.15, -0.1) is 0 Å². The molecule has 0 aromatic heterocycles. The van der Waals surface area contributed by atoms with Crippen LogP contribution in [0.1, 0.15) is 34.1 Å². The first-order valence-electron chi connectivity index (χ1n) is 6.14. The molecule has 4 nitrogen and oxygen atoms in total. The van der Waals surface area contributed by atoms with Crippen LogP contribution in [0.15, 0.2) is 0 Å². The van der Waals surface area contributed by atoms with E-state index in [9.17, 15) is 4.79 Å². The first kappa shape index (κ1) is 13.5. The highest BCUT2D eigenvalue weighted by atomic mass is 16.5. The minimum absolute atomic E-state index is 0.00588. The maximum absolute atomic E-state index is 11.9. The highest BCUT2D eigenvalue weighted by Crippen LogP contribution is 2.23. The summed E-state index contributed by atoms with van der Waals surface area (Å²) in [5, 5.41) is 2.99. The van der Waals surface area contributed by atoms with Crippen LogP contribution in [0.4, 0.5) is 0 Å². The van der Waals surface area contributed by atoms with Gasteiger partial charge in [-0.05, 0) is 19.3 Å². The lowest BCUT2D eigenvalue weighted by Crippen LogP contribution is -2.65. The highest BCUT2D eigenvalue weighted by molar-refractivity contribution is 5.79. The first-order valence-corrected chi connectivity index (χ1v) is 6.14. The van der Waals surface area contributed by atoms with Crippen molar-refractivity contribution in [3.8, 4) is 0 Å². The van der Waals surface area contributed by atoms with Crippen LogP contribution in [-0.2, 0) is 9.53 Å². The van der Waals surface area contributed by atoms with E-state index < -0.39 is 0 Å². The van der Waals surface area contributed by atoms with E-state index in [0.717, 1.165) is 6.42 Å². The molecule has 1 aliphatic carbocycles. The largest absolute Gasteiger partial charge is 0.376 e. The Labute approximate surface area is 97.9 Å². The normalized spacial score (nSPS) is 31.0. The number of nitrogens with one attached hydrogen (secondary N) is 1. The van der Waals surface area contributed by atoms with Crippen LogP contribution in [0.5, 0.6) is 0 Å². The van der Waals surface area contributed by atoms with Gasteiger partial charge in [0.2, 0.25) is 5.91 Å². The Balaban J connectivity index is 2.43. The monoisotopic (exact) mass is 228 g/mol. The Bertz CT molecular complexity index is 241. The molecule has 1 aliphatic rings. The van der Waals surface area contributed by atoms with Crippen molar-refractivity contribution in [2.45, 2.75) is 52.3 Å². The fourth-order valence-electron chi connectivity index (χ4n) is 1.83. The van der Waals surface area contributed by atoms with Crippen LogP contribution in [0.25, 0.3) is 0 Å². The van der Waals surface area contributed by atoms with Crippen LogP contribution >= 0.6 is 0 Å². The third-order valence-corrected chi connectivity index (χ3v) is 3.47. The van der Waals surface area contributed by atoms with E-state index in [1.807, 2.05) is 27.7 Å². The average molecular weight is 228 g/mol. The summed E-state index contributed by atoms with van der Waals surface area (Å²) in [6.45, 7) is 8.67. The van der Waals surface area contributed by atoms with Crippen molar-refractivity contribution < 1.29 is 9.53 Å². The maximum atomic E-state index is 11.9. The molecular formula is C12H24N2O2. The van der Waals surface area contributed by atoms with Crippen LogP contribution in [0.3, 0.4) is 0 Å². The summed E-state index contributed by atoms with van der Waals surface area (Å²) in [5.41, 5.74) is 5.87. The lowest BCUT2D eigenvalue weighted by atomic mass is 9.82. The highest BCUT2D eigenvalue weighted by Gasteiger charge is 2.40. The molecule has 0 spiro atoms. The zero-order valence-corrected chi connectivity index (χ0v) is 10.7. The zero-order chi connectivity index (χ0) is 12.3. The number of rotatable bonds is 5. The third-order valence-electron chi connectivity index (χ3n) is 3.47. The predicted octanol–water partition coefficient (Wildman–Crippen LogP) is 0.899. The molecule has 1 rings (SSSR count). The predicted molar refractivity (Wildman–Crippen MR) is 63.9 cm³/mol. The molecule has 0 bridgehead atoms. The molecule has 0 heterocycles. The summed E-state index contributed by atoms with van der Waals surface area (Å²) < 4.78 is 5.51. The van der Waals surface area contributed by atoms with E-state index in [4.69, 9.17) is 10.5 Å². The second-order valence-corrected chi connectivity index (χ2v) is 4.96. The van der Waals surface area contributed by atoms with Gasteiger partial charge in [-0.1, -0.05) is 20.8 Å². The van der Waals surface area contributed by atoms with Gasteiger partial charge in [0.15, 0.2) is 0 Å². The van der Waals surface area contributed by atoms with Crippen LogP contribution in [0.2, 0.25) is 0 Å². The molecule has 4 atom stereocenters. The van der Waals surface area contributed by atoms with Gasteiger partial charge in [0, 0.05) is 18.6 Å². The Morgan fingerprint density at radius 2 is 2.12 bits per heavy atom. The van der Waals surface area contributed by atoms with E-state index in [1.165, 1.54) is 0 Å². The molecule has 1 fully saturated rings. The van der Waals surface area contributed by atoms with Crippen molar-refractivity contribution in [2.24, 2.45) is 17.6 Å². The molecule has 0 aromatic rings. The van der Waals surface area contributed by atoms with Crippen LogP contribution in [-0.4, -0.2) is 30.7 Å². The standard InChI is InChI=1S/C12H24N2O2/c1-5-16-10-6-9(13)11(10)14-12(15)8(4)7(2)3/h7-11H,5-6,13H2,1-4H3,(H,14,15). The second-order valence-electron chi connectivity index (χ2n) is 4.96. The van der Waals surface area contributed by atoms with Crippen molar-refractivity contribution in [1.82, 2.24) is 5.32 Å². The zero-order valence-electron chi connectivity index (χ0n) is 10.7. The smallest absolute Gasteiger partial charge is 0.223 e. The van der Waals surface area contributed by atoms with Crippen molar-refractivity contribution in [2.75, 3.05) is 6.61 Å². The van der Waals surface area contributed by atoms with E-state index in [0.29, 0.717) is 12.5 Å². The fourth-order valence-corrected chi connectivity index (χ4v) is 1.83. The number of hydrogen-bond donors (Lipinski definition) is 2. The second kappa shape index (κ2) is 5.64. The van der Waals surface area contributed by atoms with Crippen molar-refractivity contribution in [3.05, 3.63) is 0 Å². The summed E-state index contributed by atoms with van der Waals surface area (Å²) in [4.78, 5) is 11.9. The molecule has 1 amide bonds. The number of ether oxygens (including phenoxy) is 1. The Kier molecular flexibility index (Phi) is 4.74. The number of carbonyl (C=O) groups is 1. The van der Waals surface area contributed by atoms with Crippen molar-refractivity contribution in [3.63, 3.8) is 0 Å². The van der Waals surface area contributed by atoms with Crippen molar-refractivity contribution in [1.29, 1.82) is 0 Å². The minimum atomic E-state index is -0.00588. The van der Waals surface area contributed by atoms with Crippen LogP contribution < -0.4 is 11.1 Å². The first-order chi connectivity index (χ1) is 7.47. The lowest BCUT2D eigenvalue weighted by Gasteiger charge is -2.43. The summed E-state index contributed by atoms with van der Waals surface area (Å²) in [6.07, 6.45) is 0.942. The topological polar surface area (TPSA) is 64.3 Å². The Hall–Kier alpha value is -0.610. The van der Waals surface area contributed by atoms with Gasteiger partial charge in [-0.3, -0.25) is 4.79 Å². The Morgan fingerprint density at radius 1 is 1.50 bits per heavy atom. The molecule has 0 aromatic carbocycles. The maximum Gasteiger partial charge on any atom is 0.223 e. The molecule has 0 saturated heterocycles. The SMILES string of the molecule is CCOC1CC(N)C1NC(=O)C(C)C(C)C. The summed E-state index contributed by atoms with van der Waals surface area (Å²) in [6, 6.07) is 0.0357. The summed E-state index contributed by atoms with van der Waals surface area (Å²) >= 11 is 0. The van der Waals surface area contributed by atoms with Gasteiger partial charge in [-0.25, -0.2) is 0 Å². The van der Waals surface area contributed by atoms with Gasteiger partial charge in [-0.2, -0.15) is 0 Å². The molecule has 16 heavy (non-hydrogen) atoms. The number of amides is 1. The van der Waals surface area contributed by atoms with Gasteiger partial charge in [0.05, 0.1) is 12.1 Å². The number of nitrogens with two attached hydrogens (primary N) is 1. The molecular weight excluding hydrogens is 204 g/mol. The molecule has 0 radical (unpaired) electrons. The van der Waals surface area contributed by atoms with E-state index >= 15 is 0 Å². The van der Waals surface area contributed by atoms with Gasteiger partial charge >= 0.3 is 0 Å². The summed E-state index contributed by atoms with van der Waals surface area (Å²) in [7, 11) is 0. The van der Waals surface area contributed by atoms with E-state index in [-0.39, 0.29) is 30.0 Å². The van der Waals surface area contributed by atoms with Gasteiger partial charge < -0.3 is 15.8 Å². The minimum Gasteiger partial charge on any atom is -0.376 e.